The first-order valence-electron chi connectivity index (χ1n) is 11.5. The second-order valence-electron chi connectivity index (χ2n) is 8.11. The van der Waals surface area contributed by atoms with E-state index in [4.69, 9.17) is 4.98 Å². The number of aromatic nitrogens is 2. The lowest BCUT2D eigenvalue weighted by Crippen LogP contribution is -2.06. The van der Waals surface area contributed by atoms with Crippen molar-refractivity contribution >= 4 is 28.2 Å². The van der Waals surface area contributed by atoms with Gasteiger partial charge in [-0.3, -0.25) is 0 Å². The molecule has 3 nitrogen and oxygen atoms in total. The van der Waals surface area contributed by atoms with Crippen molar-refractivity contribution in [2.24, 2.45) is 0 Å². The van der Waals surface area contributed by atoms with Gasteiger partial charge in [0.05, 0.1) is 17.6 Å². The Labute approximate surface area is 192 Å². The minimum atomic E-state index is 0.768. The second-order valence-corrected chi connectivity index (χ2v) is 8.11. The number of anilines is 2. The van der Waals surface area contributed by atoms with Gasteiger partial charge in [-0.2, -0.15) is 0 Å². The van der Waals surface area contributed by atoms with Crippen molar-refractivity contribution in [1.29, 1.82) is 0 Å². The maximum atomic E-state index is 4.95. The van der Waals surface area contributed by atoms with E-state index in [-0.39, 0.29) is 0 Å². The first kappa shape index (κ1) is 23.3. The fourth-order valence-corrected chi connectivity index (χ4v) is 3.80. The van der Waals surface area contributed by atoms with Crippen LogP contribution in [0.1, 0.15) is 55.5 Å². The van der Waals surface area contributed by atoms with Gasteiger partial charge in [0, 0.05) is 5.69 Å². The highest BCUT2D eigenvalue weighted by atomic mass is 15.2. The fraction of sp³-hybridized carbons (Fsp3) is 0.276. The third-order valence-corrected chi connectivity index (χ3v) is 5.69. The Morgan fingerprint density at radius 3 is 2.31 bits per heavy atom. The Balaban J connectivity index is 0.00000141. The van der Waals surface area contributed by atoms with Crippen molar-refractivity contribution in [2.45, 2.75) is 54.5 Å². The first-order valence-corrected chi connectivity index (χ1v) is 11.5. The molecule has 1 aromatic heterocycles. The summed E-state index contributed by atoms with van der Waals surface area (Å²) < 4.78 is 2.27. The van der Waals surface area contributed by atoms with E-state index in [0.29, 0.717) is 0 Å². The summed E-state index contributed by atoms with van der Waals surface area (Å²) in [6.07, 6.45) is 1.04. The molecule has 0 aliphatic heterocycles. The quantitative estimate of drug-likeness (QED) is 0.338. The Bertz CT molecular complexity index is 1210. The topological polar surface area (TPSA) is 29.9 Å². The summed E-state index contributed by atoms with van der Waals surface area (Å²) in [5.74, 6) is 0.855. The molecule has 4 aromatic rings. The molecule has 0 radical (unpaired) electrons. The van der Waals surface area contributed by atoms with Gasteiger partial charge in [-0.1, -0.05) is 74.9 Å². The second kappa shape index (κ2) is 10.3. The van der Waals surface area contributed by atoms with Gasteiger partial charge in [-0.15, -0.1) is 0 Å². The Hall–Kier alpha value is -3.33. The molecule has 32 heavy (non-hydrogen) atoms. The zero-order chi connectivity index (χ0) is 23.3. The number of nitrogens with one attached hydrogen (secondary N) is 1. The molecule has 1 N–H and O–H groups in total. The van der Waals surface area contributed by atoms with E-state index in [9.17, 15) is 0 Å². The average Bonchev–Trinajstić information content (AvgIpc) is 3.13. The summed E-state index contributed by atoms with van der Waals surface area (Å²) in [5, 5.41) is 3.54. The van der Waals surface area contributed by atoms with Crippen LogP contribution < -0.4 is 5.32 Å². The number of benzene rings is 3. The van der Waals surface area contributed by atoms with E-state index < -0.39 is 0 Å². The lowest BCUT2D eigenvalue weighted by Gasteiger charge is -2.13. The molecule has 0 aliphatic carbocycles. The molecule has 0 bridgehead atoms. The number of fused-ring (bicyclic) bond motifs is 1. The largest absolute Gasteiger partial charge is 0.326 e. The van der Waals surface area contributed by atoms with Crippen LogP contribution in [-0.2, 0) is 13.0 Å². The molecule has 0 saturated carbocycles. The van der Waals surface area contributed by atoms with Crippen LogP contribution in [-0.4, -0.2) is 9.55 Å². The lowest BCUT2D eigenvalue weighted by molar-refractivity contribution is 0.828. The molecule has 0 saturated heterocycles. The Morgan fingerprint density at radius 2 is 1.69 bits per heavy atom. The molecule has 0 spiro atoms. The maximum Gasteiger partial charge on any atom is 0.208 e. The van der Waals surface area contributed by atoms with Crippen LogP contribution in [0.15, 0.2) is 67.2 Å². The number of rotatable bonds is 6. The maximum absolute atomic E-state index is 4.95. The van der Waals surface area contributed by atoms with E-state index >= 15 is 0 Å². The van der Waals surface area contributed by atoms with Crippen molar-refractivity contribution in [2.75, 3.05) is 5.32 Å². The predicted molar refractivity (Wildman–Crippen MR) is 140 cm³/mol. The Kier molecular flexibility index (Phi) is 7.53. The summed E-state index contributed by atoms with van der Waals surface area (Å²) in [7, 11) is 0. The zero-order valence-corrected chi connectivity index (χ0v) is 20.3. The van der Waals surface area contributed by atoms with Gasteiger partial charge in [0.2, 0.25) is 5.95 Å². The molecule has 0 unspecified atom stereocenters. The number of nitrogens with zero attached hydrogens (tertiary/aromatic N) is 2. The standard InChI is InChI=1S/C27H29N3.C2H6/c1-6-21-8-12-24(13-9-21)28-27-29-25-16-22(18(2)3)11-14-26(25)30(27)17-23-10-7-19(4)15-20(23)5;1-2/h7-16H,2,6,17H2,1,3-5H3,(H,28,29);1-2H3. The highest BCUT2D eigenvalue weighted by Gasteiger charge is 2.13. The predicted octanol–water partition coefficient (Wildman–Crippen LogP) is 8.07. The van der Waals surface area contributed by atoms with Gasteiger partial charge < -0.3 is 9.88 Å². The van der Waals surface area contributed by atoms with Crippen molar-refractivity contribution in [3.63, 3.8) is 0 Å². The van der Waals surface area contributed by atoms with Gasteiger partial charge in [0.1, 0.15) is 0 Å². The van der Waals surface area contributed by atoms with Gasteiger partial charge in [0.15, 0.2) is 0 Å². The highest BCUT2D eigenvalue weighted by molar-refractivity contribution is 5.83. The average molecular weight is 426 g/mol. The van der Waals surface area contributed by atoms with Gasteiger partial charge in [-0.05, 0) is 73.7 Å². The first-order chi connectivity index (χ1) is 15.4. The summed E-state index contributed by atoms with van der Waals surface area (Å²) in [5.41, 5.74) is 10.5. The number of hydrogen-bond acceptors (Lipinski definition) is 2. The smallest absolute Gasteiger partial charge is 0.208 e. The third kappa shape index (κ3) is 5.11. The van der Waals surface area contributed by atoms with Gasteiger partial charge in [0.25, 0.3) is 0 Å². The summed E-state index contributed by atoms with van der Waals surface area (Å²) in [6, 6.07) is 21.6. The lowest BCUT2D eigenvalue weighted by atomic mass is 10.1. The van der Waals surface area contributed by atoms with E-state index in [1.54, 1.807) is 0 Å². The van der Waals surface area contributed by atoms with Crippen molar-refractivity contribution in [1.82, 2.24) is 9.55 Å². The summed E-state index contributed by atoms with van der Waals surface area (Å²) in [4.78, 5) is 4.95. The molecule has 3 heteroatoms. The highest BCUT2D eigenvalue weighted by Crippen LogP contribution is 2.27. The van der Waals surface area contributed by atoms with Crippen LogP contribution in [0, 0.1) is 13.8 Å². The number of imidazole rings is 1. The number of aryl methyl sites for hydroxylation is 3. The number of allylic oxidation sites excluding steroid dienone is 1. The molecular weight excluding hydrogens is 390 g/mol. The van der Waals surface area contributed by atoms with Crippen LogP contribution in [0.3, 0.4) is 0 Å². The van der Waals surface area contributed by atoms with Gasteiger partial charge in [-0.25, -0.2) is 4.98 Å². The van der Waals surface area contributed by atoms with Crippen LogP contribution in [0.2, 0.25) is 0 Å². The molecule has 3 aromatic carbocycles. The van der Waals surface area contributed by atoms with E-state index in [2.05, 4.69) is 97.9 Å². The molecule has 1 heterocycles. The molecule has 0 fully saturated rings. The van der Waals surface area contributed by atoms with E-state index in [0.717, 1.165) is 46.8 Å². The fourth-order valence-electron chi connectivity index (χ4n) is 3.80. The summed E-state index contributed by atoms with van der Waals surface area (Å²) in [6.45, 7) is 17.4. The molecular formula is C29H35N3. The monoisotopic (exact) mass is 425 g/mol. The minimum absolute atomic E-state index is 0.768. The molecule has 0 amide bonds. The van der Waals surface area contributed by atoms with Crippen molar-refractivity contribution in [3.8, 4) is 0 Å². The molecule has 0 aliphatic rings. The number of hydrogen-bond donors (Lipinski definition) is 1. The SMILES string of the molecule is C=C(C)c1ccc2c(c1)nc(Nc1ccc(CC)cc1)n2Cc1ccc(C)cc1C.CC. The van der Waals surface area contributed by atoms with Crippen LogP contribution >= 0.6 is 0 Å². The molecule has 0 atom stereocenters. The summed E-state index contributed by atoms with van der Waals surface area (Å²) >= 11 is 0. The zero-order valence-electron chi connectivity index (χ0n) is 20.3. The van der Waals surface area contributed by atoms with Gasteiger partial charge >= 0.3 is 0 Å². The molecule has 4 rings (SSSR count). The van der Waals surface area contributed by atoms with Crippen molar-refractivity contribution in [3.05, 3.63) is 95.1 Å². The van der Waals surface area contributed by atoms with Crippen LogP contribution in [0.4, 0.5) is 11.6 Å². The minimum Gasteiger partial charge on any atom is -0.326 e. The Morgan fingerprint density at radius 1 is 0.969 bits per heavy atom. The third-order valence-electron chi connectivity index (χ3n) is 5.69. The van der Waals surface area contributed by atoms with Crippen LogP contribution in [0.25, 0.3) is 16.6 Å². The normalized spacial score (nSPS) is 10.6. The molecule has 166 valence electrons. The van der Waals surface area contributed by atoms with E-state index in [1.807, 2.05) is 20.8 Å². The van der Waals surface area contributed by atoms with E-state index in [1.165, 1.54) is 22.3 Å². The van der Waals surface area contributed by atoms with Crippen molar-refractivity contribution < 1.29 is 0 Å². The van der Waals surface area contributed by atoms with Crippen LogP contribution in [0.5, 0.6) is 0 Å².